The van der Waals surface area contributed by atoms with Crippen LogP contribution in [-0.2, 0) is 11.3 Å². The van der Waals surface area contributed by atoms with Gasteiger partial charge in [0, 0.05) is 19.7 Å². The standard InChI is InChI=1S/C17H21N3O4/c1-13-16(20(22)23)8-9-17(18-13)19(2)10-15(21)12-24-11-14-6-4-3-5-7-14/h3-9,15,21H,10-12H2,1-2H3. The highest BCUT2D eigenvalue weighted by atomic mass is 16.6. The minimum atomic E-state index is -0.684. The first kappa shape index (κ1) is 17.8. The molecule has 7 heteroatoms. The van der Waals surface area contributed by atoms with Gasteiger partial charge in [0.15, 0.2) is 0 Å². The number of hydrogen-bond donors (Lipinski definition) is 1. The maximum absolute atomic E-state index is 10.8. The number of nitrogens with zero attached hydrogens (tertiary/aromatic N) is 3. The first-order valence-corrected chi connectivity index (χ1v) is 7.60. The van der Waals surface area contributed by atoms with E-state index in [-0.39, 0.29) is 12.3 Å². The summed E-state index contributed by atoms with van der Waals surface area (Å²) < 4.78 is 5.51. The Morgan fingerprint density at radius 2 is 2.00 bits per heavy atom. The number of aryl methyl sites for hydroxylation is 1. The first-order chi connectivity index (χ1) is 11.5. The number of pyridine rings is 1. The van der Waals surface area contributed by atoms with E-state index in [1.165, 1.54) is 6.07 Å². The average Bonchev–Trinajstić information content (AvgIpc) is 2.55. The first-order valence-electron chi connectivity index (χ1n) is 7.60. The second-order valence-electron chi connectivity index (χ2n) is 5.57. The minimum Gasteiger partial charge on any atom is -0.389 e. The van der Waals surface area contributed by atoms with E-state index < -0.39 is 11.0 Å². The van der Waals surface area contributed by atoms with Gasteiger partial charge in [0.25, 0.3) is 5.69 Å². The highest BCUT2D eigenvalue weighted by Crippen LogP contribution is 2.19. The van der Waals surface area contributed by atoms with Crippen molar-refractivity contribution in [3.05, 3.63) is 63.8 Å². The van der Waals surface area contributed by atoms with Crippen molar-refractivity contribution in [2.75, 3.05) is 25.1 Å². The summed E-state index contributed by atoms with van der Waals surface area (Å²) in [7, 11) is 1.77. The van der Waals surface area contributed by atoms with Gasteiger partial charge in [0.2, 0.25) is 0 Å². The Balaban J connectivity index is 1.83. The van der Waals surface area contributed by atoms with Gasteiger partial charge in [-0.15, -0.1) is 0 Å². The van der Waals surface area contributed by atoms with Crippen LogP contribution in [0.25, 0.3) is 0 Å². The summed E-state index contributed by atoms with van der Waals surface area (Å²) >= 11 is 0. The molecule has 128 valence electrons. The van der Waals surface area contributed by atoms with Crippen LogP contribution in [-0.4, -0.2) is 41.3 Å². The molecule has 0 spiro atoms. The zero-order valence-electron chi connectivity index (χ0n) is 13.8. The van der Waals surface area contributed by atoms with Crippen LogP contribution in [0.1, 0.15) is 11.3 Å². The van der Waals surface area contributed by atoms with Crippen molar-refractivity contribution < 1.29 is 14.8 Å². The van der Waals surface area contributed by atoms with Crippen molar-refractivity contribution in [1.82, 2.24) is 4.98 Å². The Kier molecular flexibility index (Phi) is 6.22. The molecule has 0 aliphatic heterocycles. The topological polar surface area (TPSA) is 88.7 Å². The van der Waals surface area contributed by atoms with Gasteiger partial charge in [-0.25, -0.2) is 4.98 Å². The van der Waals surface area contributed by atoms with E-state index >= 15 is 0 Å². The molecule has 0 fully saturated rings. The number of nitro groups is 1. The number of rotatable bonds is 8. The molecular formula is C17H21N3O4. The Hall–Kier alpha value is -2.51. The van der Waals surface area contributed by atoms with Gasteiger partial charge in [-0.2, -0.15) is 0 Å². The highest BCUT2D eigenvalue weighted by Gasteiger charge is 2.15. The van der Waals surface area contributed by atoms with Crippen molar-refractivity contribution in [2.45, 2.75) is 19.6 Å². The molecule has 1 N–H and O–H groups in total. The maximum Gasteiger partial charge on any atom is 0.290 e. The van der Waals surface area contributed by atoms with E-state index in [0.717, 1.165) is 5.56 Å². The normalized spacial score (nSPS) is 12.0. The largest absolute Gasteiger partial charge is 0.389 e. The smallest absolute Gasteiger partial charge is 0.290 e. The summed E-state index contributed by atoms with van der Waals surface area (Å²) in [5, 5.41) is 20.9. The maximum atomic E-state index is 10.8. The van der Waals surface area contributed by atoms with Gasteiger partial charge >= 0.3 is 0 Å². The van der Waals surface area contributed by atoms with Crippen LogP contribution in [0.5, 0.6) is 0 Å². The summed E-state index contributed by atoms with van der Waals surface area (Å²) in [6.45, 7) is 2.55. The monoisotopic (exact) mass is 331 g/mol. The predicted octanol–water partition coefficient (Wildman–Crippen LogP) is 2.31. The van der Waals surface area contributed by atoms with E-state index in [1.807, 2.05) is 30.3 Å². The molecule has 0 radical (unpaired) electrons. The fourth-order valence-electron chi connectivity index (χ4n) is 2.30. The zero-order chi connectivity index (χ0) is 17.5. The molecule has 1 atom stereocenters. The van der Waals surface area contributed by atoms with E-state index in [1.54, 1.807) is 24.9 Å². The molecule has 0 saturated carbocycles. The van der Waals surface area contributed by atoms with E-state index in [0.29, 0.717) is 24.7 Å². The minimum absolute atomic E-state index is 0.0149. The lowest BCUT2D eigenvalue weighted by molar-refractivity contribution is -0.385. The van der Waals surface area contributed by atoms with Crippen molar-refractivity contribution in [3.63, 3.8) is 0 Å². The van der Waals surface area contributed by atoms with Crippen LogP contribution >= 0.6 is 0 Å². The number of aliphatic hydroxyl groups is 1. The summed E-state index contributed by atoms with van der Waals surface area (Å²) in [4.78, 5) is 16.3. The van der Waals surface area contributed by atoms with Crippen LogP contribution in [0.3, 0.4) is 0 Å². The third kappa shape index (κ3) is 5.00. The number of aliphatic hydroxyl groups excluding tert-OH is 1. The Morgan fingerprint density at radius 3 is 2.62 bits per heavy atom. The molecule has 0 saturated heterocycles. The van der Waals surface area contributed by atoms with Crippen molar-refractivity contribution in [3.8, 4) is 0 Å². The molecule has 0 aliphatic carbocycles. The number of ether oxygens (including phenoxy) is 1. The molecular weight excluding hydrogens is 310 g/mol. The predicted molar refractivity (Wildman–Crippen MR) is 91.0 cm³/mol. The second-order valence-corrected chi connectivity index (χ2v) is 5.57. The SMILES string of the molecule is Cc1nc(N(C)CC(O)COCc2ccccc2)ccc1[N+](=O)[O-]. The lowest BCUT2D eigenvalue weighted by Gasteiger charge is -2.22. The molecule has 0 bridgehead atoms. The van der Waals surface area contributed by atoms with Crippen LogP contribution in [0, 0.1) is 17.0 Å². The molecule has 2 aromatic rings. The Morgan fingerprint density at radius 1 is 1.29 bits per heavy atom. The molecule has 7 nitrogen and oxygen atoms in total. The molecule has 1 unspecified atom stereocenters. The van der Waals surface area contributed by atoms with Crippen molar-refractivity contribution >= 4 is 11.5 Å². The van der Waals surface area contributed by atoms with E-state index in [4.69, 9.17) is 4.74 Å². The number of anilines is 1. The van der Waals surface area contributed by atoms with E-state index in [2.05, 4.69) is 4.98 Å². The third-order valence-corrected chi connectivity index (χ3v) is 3.54. The van der Waals surface area contributed by atoms with Crippen molar-refractivity contribution in [1.29, 1.82) is 0 Å². The number of hydrogen-bond acceptors (Lipinski definition) is 6. The number of aromatic nitrogens is 1. The molecule has 2 rings (SSSR count). The molecule has 0 aliphatic rings. The lowest BCUT2D eigenvalue weighted by Crippen LogP contribution is -2.32. The number of benzene rings is 1. The third-order valence-electron chi connectivity index (χ3n) is 3.54. The van der Waals surface area contributed by atoms with Gasteiger partial charge in [0.1, 0.15) is 11.5 Å². The molecule has 1 aromatic heterocycles. The van der Waals surface area contributed by atoms with Gasteiger partial charge in [0.05, 0.1) is 24.2 Å². The van der Waals surface area contributed by atoms with Crippen LogP contribution in [0.4, 0.5) is 11.5 Å². The van der Waals surface area contributed by atoms with Crippen LogP contribution in [0.2, 0.25) is 0 Å². The Labute approximate surface area is 140 Å². The van der Waals surface area contributed by atoms with Crippen LogP contribution in [0.15, 0.2) is 42.5 Å². The summed E-state index contributed by atoms with van der Waals surface area (Å²) in [5.74, 6) is 0.570. The highest BCUT2D eigenvalue weighted by molar-refractivity contribution is 5.46. The zero-order valence-corrected chi connectivity index (χ0v) is 13.8. The fourth-order valence-corrected chi connectivity index (χ4v) is 2.30. The van der Waals surface area contributed by atoms with Crippen LogP contribution < -0.4 is 4.90 Å². The van der Waals surface area contributed by atoms with Crippen molar-refractivity contribution in [2.24, 2.45) is 0 Å². The fraction of sp³-hybridized carbons (Fsp3) is 0.353. The second kappa shape index (κ2) is 8.37. The molecule has 24 heavy (non-hydrogen) atoms. The molecule has 1 aromatic carbocycles. The Bertz CT molecular complexity index is 679. The average molecular weight is 331 g/mol. The summed E-state index contributed by atoms with van der Waals surface area (Å²) in [6, 6.07) is 12.7. The lowest BCUT2D eigenvalue weighted by atomic mass is 10.2. The summed E-state index contributed by atoms with van der Waals surface area (Å²) in [6.07, 6.45) is -0.684. The van der Waals surface area contributed by atoms with Gasteiger partial charge in [-0.3, -0.25) is 10.1 Å². The quantitative estimate of drug-likeness (QED) is 0.590. The van der Waals surface area contributed by atoms with Gasteiger partial charge < -0.3 is 14.7 Å². The molecule has 1 heterocycles. The van der Waals surface area contributed by atoms with Gasteiger partial charge in [-0.1, -0.05) is 30.3 Å². The number of likely N-dealkylation sites (N-methyl/N-ethyl adjacent to an activating group) is 1. The summed E-state index contributed by atoms with van der Waals surface area (Å²) in [5.41, 5.74) is 1.38. The molecule has 0 amide bonds. The van der Waals surface area contributed by atoms with Gasteiger partial charge in [-0.05, 0) is 18.6 Å². The van der Waals surface area contributed by atoms with E-state index in [9.17, 15) is 15.2 Å².